The lowest BCUT2D eigenvalue weighted by Gasteiger charge is -2.28. The molecule has 1 fully saturated rings. The van der Waals surface area contributed by atoms with Crippen molar-refractivity contribution in [2.75, 3.05) is 13.2 Å². The summed E-state index contributed by atoms with van der Waals surface area (Å²) in [5, 5.41) is 9.22. The number of carboxylic acids is 1. The molecule has 0 unspecified atom stereocenters. The van der Waals surface area contributed by atoms with E-state index < -0.39 is 23.5 Å². The van der Waals surface area contributed by atoms with Crippen LogP contribution in [0.2, 0.25) is 0 Å². The molecule has 0 radical (unpaired) electrons. The van der Waals surface area contributed by atoms with Crippen molar-refractivity contribution >= 4 is 25.4 Å². The highest BCUT2D eigenvalue weighted by atomic mass is 32.1. The molecule has 5 nitrogen and oxygen atoms in total. The molecule has 6 heteroatoms. The molecule has 1 N–H and O–H groups in total. The Hall–Kier alpha value is -0.750. The molecule has 1 aliphatic heterocycles. The molecule has 1 saturated heterocycles. The number of carbonyl (C=O) groups is 2. The molecular formula is C13H24O5S. The van der Waals surface area contributed by atoms with E-state index in [-0.39, 0.29) is 25.8 Å². The molecule has 19 heavy (non-hydrogen) atoms. The molecule has 1 atom stereocenters. The molecule has 0 bridgehead atoms. The maximum Gasteiger partial charge on any atom is 0.307 e. The average Bonchev–Trinajstić information content (AvgIpc) is 2.24. The summed E-state index contributed by atoms with van der Waals surface area (Å²) in [6.07, 6.45) is 1.33. The number of rotatable bonds is 4. The fourth-order valence-corrected chi connectivity index (χ4v) is 2.14. The van der Waals surface area contributed by atoms with Crippen LogP contribution in [0.1, 0.15) is 40.0 Å². The van der Waals surface area contributed by atoms with Gasteiger partial charge in [0.15, 0.2) is 0 Å². The number of hydrogen-bond acceptors (Lipinski definition) is 4. The fourth-order valence-electron chi connectivity index (χ4n) is 2.14. The van der Waals surface area contributed by atoms with E-state index in [0.717, 1.165) is 0 Å². The molecule has 0 aromatic carbocycles. The maximum atomic E-state index is 11.7. The molecule has 0 aromatic heterocycles. The van der Waals surface area contributed by atoms with Crippen LogP contribution in [0.4, 0.5) is 0 Å². The van der Waals surface area contributed by atoms with E-state index in [9.17, 15) is 14.7 Å². The number of carbonyl (C=O) groups excluding carboxylic acids is 1. The Morgan fingerprint density at radius 2 is 1.84 bits per heavy atom. The maximum absolute atomic E-state index is 11.7. The van der Waals surface area contributed by atoms with Crippen LogP contribution < -0.4 is 0 Å². The lowest BCUT2D eigenvalue weighted by atomic mass is 9.84. The van der Waals surface area contributed by atoms with Gasteiger partial charge in [-0.15, -0.1) is 0 Å². The van der Waals surface area contributed by atoms with Crippen LogP contribution in [0.3, 0.4) is 0 Å². The summed E-state index contributed by atoms with van der Waals surface area (Å²) < 4.78 is 10.4. The zero-order valence-electron chi connectivity index (χ0n) is 11.8. The average molecular weight is 292 g/mol. The number of aliphatic carboxylic acids is 1. The summed E-state index contributed by atoms with van der Waals surface area (Å²) in [7, 11) is 0. The van der Waals surface area contributed by atoms with E-state index in [1.807, 2.05) is 0 Å². The van der Waals surface area contributed by atoms with Crippen molar-refractivity contribution < 1.29 is 24.2 Å². The van der Waals surface area contributed by atoms with Crippen molar-refractivity contribution in [1.82, 2.24) is 0 Å². The number of hydrogen-bond donors (Lipinski definition) is 1. The third-order valence-electron chi connectivity index (χ3n) is 2.96. The Balaban J connectivity index is 0.00000324. The van der Waals surface area contributed by atoms with Gasteiger partial charge in [0.2, 0.25) is 0 Å². The molecule has 0 amide bonds. The zero-order chi connectivity index (χ0) is 13.8. The second-order valence-electron chi connectivity index (χ2n) is 5.69. The lowest BCUT2D eigenvalue weighted by molar-refractivity contribution is -0.162. The highest BCUT2D eigenvalue weighted by Gasteiger charge is 2.33. The first kappa shape index (κ1) is 18.2. The Kier molecular flexibility index (Phi) is 7.44. The topological polar surface area (TPSA) is 72.8 Å². The van der Waals surface area contributed by atoms with E-state index in [2.05, 4.69) is 0 Å². The monoisotopic (exact) mass is 292 g/mol. The summed E-state index contributed by atoms with van der Waals surface area (Å²) >= 11 is 0. The van der Waals surface area contributed by atoms with Crippen LogP contribution in [-0.4, -0.2) is 35.9 Å². The quantitative estimate of drug-likeness (QED) is 0.802. The van der Waals surface area contributed by atoms with Gasteiger partial charge in [-0.25, -0.2) is 0 Å². The van der Waals surface area contributed by atoms with E-state index >= 15 is 0 Å². The van der Waals surface area contributed by atoms with Crippen molar-refractivity contribution in [2.24, 2.45) is 11.8 Å². The van der Waals surface area contributed by atoms with Gasteiger partial charge in [0.05, 0.1) is 12.3 Å². The van der Waals surface area contributed by atoms with E-state index in [4.69, 9.17) is 9.47 Å². The van der Waals surface area contributed by atoms with Crippen LogP contribution >= 0.6 is 13.5 Å². The molecular weight excluding hydrogens is 268 g/mol. The van der Waals surface area contributed by atoms with Gasteiger partial charge in [0, 0.05) is 13.2 Å². The van der Waals surface area contributed by atoms with Gasteiger partial charge >= 0.3 is 11.9 Å². The van der Waals surface area contributed by atoms with Gasteiger partial charge in [0.25, 0.3) is 0 Å². The van der Waals surface area contributed by atoms with Crippen LogP contribution in [0.15, 0.2) is 0 Å². The van der Waals surface area contributed by atoms with E-state index in [1.54, 1.807) is 20.8 Å². The zero-order valence-corrected chi connectivity index (χ0v) is 12.8. The van der Waals surface area contributed by atoms with Crippen molar-refractivity contribution in [3.63, 3.8) is 0 Å². The van der Waals surface area contributed by atoms with Gasteiger partial charge in [-0.05, 0) is 39.5 Å². The van der Waals surface area contributed by atoms with Gasteiger partial charge in [-0.3, -0.25) is 9.59 Å². The van der Waals surface area contributed by atoms with Crippen molar-refractivity contribution in [1.29, 1.82) is 0 Å². The highest BCUT2D eigenvalue weighted by molar-refractivity contribution is 7.59. The minimum atomic E-state index is -0.923. The normalized spacial score (nSPS) is 18.3. The van der Waals surface area contributed by atoms with Crippen molar-refractivity contribution in [3.05, 3.63) is 0 Å². The van der Waals surface area contributed by atoms with Gasteiger partial charge in [-0.2, -0.15) is 13.5 Å². The summed E-state index contributed by atoms with van der Waals surface area (Å²) in [5.41, 5.74) is -0.574. The second kappa shape index (κ2) is 7.75. The second-order valence-corrected chi connectivity index (χ2v) is 5.69. The first-order valence-corrected chi connectivity index (χ1v) is 6.32. The van der Waals surface area contributed by atoms with Gasteiger partial charge < -0.3 is 14.6 Å². The summed E-state index contributed by atoms with van der Waals surface area (Å²) in [4.78, 5) is 23.0. The van der Waals surface area contributed by atoms with Crippen LogP contribution in [0.25, 0.3) is 0 Å². The number of esters is 1. The van der Waals surface area contributed by atoms with E-state index in [0.29, 0.717) is 26.1 Å². The summed E-state index contributed by atoms with van der Waals surface area (Å²) in [6, 6.07) is 0. The van der Waals surface area contributed by atoms with Gasteiger partial charge in [0.1, 0.15) is 5.60 Å². The third-order valence-corrected chi connectivity index (χ3v) is 2.96. The Morgan fingerprint density at radius 1 is 1.32 bits per heavy atom. The smallest absolute Gasteiger partial charge is 0.307 e. The minimum Gasteiger partial charge on any atom is -0.481 e. The first-order valence-electron chi connectivity index (χ1n) is 6.32. The predicted octanol–water partition coefficient (Wildman–Crippen LogP) is 1.96. The molecule has 0 spiro atoms. The van der Waals surface area contributed by atoms with Crippen molar-refractivity contribution in [2.45, 2.75) is 45.6 Å². The molecule has 0 saturated carbocycles. The minimum absolute atomic E-state index is 0. The van der Waals surface area contributed by atoms with Crippen LogP contribution in [0, 0.1) is 11.8 Å². The van der Waals surface area contributed by atoms with Crippen LogP contribution in [-0.2, 0) is 19.1 Å². The lowest BCUT2D eigenvalue weighted by Crippen LogP contribution is -2.33. The Labute approximate surface area is 121 Å². The SMILES string of the molecule is CC(C)(C)OC(=O)C[C@H](C(=O)O)C1CCOCC1.S. The standard InChI is InChI=1S/C13H22O5.H2S/c1-13(2,3)18-11(14)8-10(12(15)16)9-4-6-17-7-5-9;/h9-10H,4-8H2,1-3H3,(H,15,16);1H2/t10-;/m0./s1. The molecule has 1 rings (SSSR count). The summed E-state index contributed by atoms with van der Waals surface area (Å²) in [6.45, 7) is 6.46. The molecule has 0 aromatic rings. The molecule has 1 heterocycles. The highest BCUT2D eigenvalue weighted by Crippen LogP contribution is 2.27. The molecule has 112 valence electrons. The molecule has 1 aliphatic rings. The Bertz CT molecular complexity index is 305. The number of carboxylic acid groups (broad SMARTS) is 1. The fraction of sp³-hybridized carbons (Fsp3) is 0.846. The Morgan fingerprint density at radius 3 is 2.26 bits per heavy atom. The van der Waals surface area contributed by atoms with Crippen molar-refractivity contribution in [3.8, 4) is 0 Å². The van der Waals surface area contributed by atoms with Crippen LogP contribution in [0.5, 0.6) is 0 Å². The predicted molar refractivity (Wildman–Crippen MR) is 75.5 cm³/mol. The van der Waals surface area contributed by atoms with E-state index in [1.165, 1.54) is 0 Å². The first-order chi connectivity index (χ1) is 8.29. The number of ether oxygens (including phenoxy) is 2. The summed E-state index contributed by atoms with van der Waals surface area (Å²) in [5.74, 6) is -2.03. The van der Waals surface area contributed by atoms with Gasteiger partial charge in [-0.1, -0.05) is 0 Å². The molecule has 0 aliphatic carbocycles. The largest absolute Gasteiger partial charge is 0.481 e. The third kappa shape index (κ3) is 6.82.